The fraction of sp³-hybridized carbons (Fsp3) is 0.182. The minimum Gasteiger partial charge on any atom is -0.455 e. The molecule has 4 rings (SSSR count). The van der Waals surface area contributed by atoms with E-state index in [9.17, 15) is 0 Å². The average Bonchev–Trinajstić information content (AvgIpc) is 2.63. The maximum atomic E-state index is 6.63. The Labute approximate surface area is 170 Å². The number of halogens is 1. The van der Waals surface area contributed by atoms with Gasteiger partial charge in [0.1, 0.15) is 19.6 Å². The van der Waals surface area contributed by atoms with Gasteiger partial charge < -0.3 is 4.74 Å². The quantitative estimate of drug-likeness (QED) is 0.311. The summed E-state index contributed by atoms with van der Waals surface area (Å²) in [5, 5.41) is 2.84. The SMILES string of the molecule is Cc1cccc2c1Oc1c([Si](C)(C)c3ccccc3)cccc1S2(C)I. The standard InChI is InChI=1S/C22H23IOSSi/c1-16-10-8-13-18-21(16)24-22-19(25(18,2)23)14-9-15-20(22)26(3,4)17-11-6-5-7-12-17/h5-15H,1-4H3. The van der Waals surface area contributed by atoms with E-state index in [1.54, 1.807) is 0 Å². The van der Waals surface area contributed by atoms with Crippen molar-refractivity contribution in [3.05, 3.63) is 72.3 Å². The summed E-state index contributed by atoms with van der Waals surface area (Å²) < 4.78 is 6.63. The van der Waals surface area contributed by atoms with E-state index in [0.29, 0.717) is 0 Å². The Morgan fingerprint density at radius 2 is 1.42 bits per heavy atom. The van der Waals surface area contributed by atoms with Crippen molar-refractivity contribution in [2.45, 2.75) is 29.8 Å². The van der Waals surface area contributed by atoms with Crippen LogP contribution in [0.3, 0.4) is 0 Å². The van der Waals surface area contributed by atoms with Crippen LogP contribution in [0.25, 0.3) is 0 Å². The minimum absolute atomic E-state index is 1.07. The number of hydrogen-bond donors (Lipinski definition) is 0. The Bertz CT molecular complexity index is 983. The van der Waals surface area contributed by atoms with Gasteiger partial charge in [0.15, 0.2) is 0 Å². The van der Waals surface area contributed by atoms with Gasteiger partial charge in [0.05, 0.1) is 0 Å². The number of para-hydroxylation sites is 2. The second-order valence-corrected chi connectivity index (χ2v) is 19.6. The van der Waals surface area contributed by atoms with Gasteiger partial charge in [-0.25, -0.2) is 0 Å². The highest BCUT2D eigenvalue weighted by Gasteiger charge is 2.38. The van der Waals surface area contributed by atoms with E-state index in [1.807, 2.05) is 0 Å². The van der Waals surface area contributed by atoms with Gasteiger partial charge >= 0.3 is 0 Å². The third-order valence-corrected chi connectivity index (χ3v) is 14.0. The molecule has 0 amide bonds. The zero-order chi connectivity index (χ0) is 18.5. The maximum absolute atomic E-state index is 6.63. The van der Waals surface area contributed by atoms with E-state index in [-0.39, 0.29) is 0 Å². The number of aryl methyl sites for hydroxylation is 1. The van der Waals surface area contributed by atoms with Crippen molar-refractivity contribution in [3.8, 4) is 11.5 Å². The Morgan fingerprint density at radius 1 is 0.808 bits per heavy atom. The predicted octanol–water partition coefficient (Wildman–Crippen LogP) is 6.13. The summed E-state index contributed by atoms with van der Waals surface area (Å²) in [4.78, 5) is 2.71. The summed E-state index contributed by atoms with van der Waals surface area (Å²) in [5.74, 6) is 2.18. The van der Waals surface area contributed by atoms with Crippen molar-refractivity contribution >= 4 is 46.9 Å². The van der Waals surface area contributed by atoms with Crippen LogP contribution in [0.5, 0.6) is 11.5 Å². The van der Waals surface area contributed by atoms with Crippen LogP contribution < -0.4 is 15.1 Å². The third kappa shape index (κ3) is 2.74. The fourth-order valence-electron chi connectivity index (χ4n) is 3.70. The lowest BCUT2D eigenvalue weighted by Gasteiger charge is -2.40. The van der Waals surface area contributed by atoms with Crippen LogP contribution in [0.15, 0.2) is 76.5 Å². The lowest BCUT2D eigenvalue weighted by Crippen LogP contribution is -2.53. The van der Waals surface area contributed by atoms with E-state index in [0.717, 1.165) is 11.5 Å². The number of hydrogen-bond acceptors (Lipinski definition) is 1. The first-order chi connectivity index (χ1) is 12.3. The molecule has 1 aliphatic rings. The molecule has 26 heavy (non-hydrogen) atoms. The van der Waals surface area contributed by atoms with Crippen molar-refractivity contribution in [2.24, 2.45) is 0 Å². The molecule has 0 aromatic heterocycles. The molecule has 0 fully saturated rings. The van der Waals surface area contributed by atoms with Gasteiger partial charge in [0.25, 0.3) is 0 Å². The normalized spacial score (nSPS) is 21.1. The molecule has 0 aliphatic carbocycles. The number of fused-ring (bicyclic) bond motifs is 2. The lowest BCUT2D eigenvalue weighted by atomic mass is 10.2. The molecule has 1 nitrogen and oxygen atoms in total. The Morgan fingerprint density at radius 3 is 2.12 bits per heavy atom. The first-order valence-corrected chi connectivity index (χ1v) is 16.4. The van der Waals surface area contributed by atoms with Crippen molar-refractivity contribution in [2.75, 3.05) is 6.26 Å². The molecule has 0 saturated carbocycles. The number of benzene rings is 3. The zero-order valence-electron chi connectivity index (χ0n) is 15.5. The van der Waals surface area contributed by atoms with Crippen molar-refractivity contribution in [1.82, 2.24) is 0 Å². The molecule has 0 saturated heterocycles. The largest absolute Gasteiger partial charge is 0.455 e. The lowest BCUT2D eigenvalue weighted by molar-refractivity contribution is 0.453. The van der Waals surface area contributed by atoms with E-state index in [1.165, 1.54) is 25.7 Å². The van der Waals surface area contributed by atoms with Crippen LogP contribution in [-0.4, -0.2) is 14.3 Å². The van der Waals surface area contributed by atoms with E-state index in [4.69, 9.17) is 4.74 Å². The summed E-state index contributed by atoms with van der Waals surface area (Å²) in [6.45, 7) is 7.00. The molecule has 1 heterocycles. The van der Waals surface area contributed by atoms with Gasteiger partial charge in [-0.1, -0.05) is 72.9 Å². The van der Waals surface area contributed by atoms with Gasteiger partial charge in [-0.2, -0.15) is 0 Å². The predicted molar refractivity (Wildman–Crippen MR) is 125 cm³/mol. The molecule has 1 aliphatic heterocycles. The average molecular weight is 490 g/mol. The van der Waals surface area contributed by atoms with Crippen molar-refractivity contribution < 1.29 is 4.74 Å². The summed E-state index contributed by atoms with van der Waals surface area (Å²) in [5.41, 5.74) is 1.22. The monoisotopic (exact) mass is 490 g/mol. The summed E-state index contributed by atoms with van der Waals surface area (Å²) in [7, 11) is -2.97. The second-order valence-electron chi connectivity index (χ2n) is 7.45. The minimum atomic E-state index is -1.85. The highest BCUT2D eigenvalue weighted by atomic mass is 127. The van der Waals surface area contributed by atoms with E-state index >= 15 is 0 Å². The maximum Gasteiger partial charge on any atom is 0.143 e. The Kier molecular flexibility index (Phi) is 4.48. The smallest absolute Gasteiger partial charge is 0.143 e. The second kappa shape index (κ2) is 6.43. The van der Waals surface area contributed by atoms with Crippen LogP contribution in [-0.2, 0) is 0 Å². The first kappa shape index (κ1) is 18.1. The molecule has 134 valence electrons. The number of ether oxygens (including phenoxy) is 1. The van der Waals surface area contributed by atoms with Crippen LogP contribution in [0.1, 0.15) is 5.56 Å². The molecule has 1 atom stereocenters. The molecular weight excluding hydrogens is 467 g/mol. The van der Waals surface area contributed by atoms with Crippen molar-refractivity contribution in [3.63, 3.8) is 0 Å². The van der Waals surface area contributed by atoms with Gasteiger partial charge in [-0.05, 0) is 57.3 Å². The molecule has 0 spiro atoms. The van der Waals surface area contributed by atoms with E-state index in [2.05, 4.69) is 114 Å². The Hall–Kier alpha value is -1.24. The zero-order valence-corrected chi connectivity index (χ0v) is 19.5. The molecule has 3 aromatic rings. The highest BCUT2D eigenvalue weighted by Crippen LogP contribution is 2.73. The van der Waals surface area contributed by atoms with Crippen LogP contribution >= 0.6 is 28.4 Å². The summed E-state index contributed by atoms with van der Waals surface area (Å²) >= 11 is 2.67. The van der Waals surface area contributed by atoms with Gasteiger partial charge in [-0.3, -0.25) is 0 Å². The van der Waals surface area contributed by atoms with Crippen molar-refractivity contribution in [1.29, 1.82) is 0 Å². The molecule has 0 radical (unpaired) electrons. The van der Waals surface area contributed by atoms with Gasteiger partial charge in [-0.15, -0.1) is 7.20 Å². The molecular formula is C22H23IOSSi. The molecule has 0 N–H and O–H groups in total. The Balaban J connectivity index is 1.95. The third-order valence-electron chi connectivity index (χ3n) is 5.35. The van der Waals surface area contributed by atoms with E-state index < -0.39 is 15.3 Å². The molecule has 1 unspecified atom stereocenters. The topological polar surface area (TPSA) is 9.23 Å². The summed E-state index contributed by atoms with van der Waals surface area (Å²) in [6.07, 6.45) is 2.38. The van der Waals surface area contributed by atoms with Crippen LogP contribution in [0, 0.1) is 6.92 Å². The molecule has 3 aromatic carbocycles. The summed E-state index contributed by atoms with van der Waals surface area (Å²) in [6, 6.07) is 24.2. The first-order valence-electron chi connectivity index (χ1n) is 8.78. The van der Waals surface area contributed by atoms with Crippen LogP contribution in [0.4, 0.5) is 0 Å². The van der Waals surface area contributed by atoms with Gasteiger partial charge in [0.2, 0.25) is 0 Å². The highest BCUT2D eigenvalue weighted by molar-refractivity contribution is 14.2. The molecule has 0 bridgehead atoms. The fourth-order valence-corrected chi connectivity index (χ4v) is 10.4. The van der Waals surface area contributed by atoms with Gasteiger partial charge in [0, 0.05) is 9.79 Å². The van der Waals surface area contributed by atoms with Crippen LogP contribution in [0.2, 0.25) is 13.1 Å². The number of rotatable bonds is 2. The molecule has 4 heteroatoms.